The van der Waals surface area contributed by atoms with Gasteiger partial charge in [0.05, 0.1) is 6.61 Å². The van der Waals surface area contributed by atoms with Gasteiger partial charge in [-0.2, -0.15) is 0 Å². The summed E-state index contributed by atoms with van der Waals surface area (Å²) in [4.78, 5) is 8.50. The summed E-state index contributed by atoms with van der Waals surface area (Å²) in [7, 11) is -2.71. The molecule has 0 radical (unpaired) electrons. The molecular weight excluding hydrogens is 295 g/mol. The number of hydrogen-bond donors (Lipinski definition) is 1. The van der Waals surface area contributed by atoms with Crippen molar-refractivity contribution >= 4 is 8.25 Å². The molecule has 0 saturated heterocycles. The monoisotopic (exact) mass is 326 g/mol. The molecule has 0 aliphatic heterocycles. The summed E-state index contributed by atoms with van der Waals surface area (Å²) >= 11 is 0. The molecular formula is C18H31O3P. The van der Waals surface area contributed by atoms with Crippen molar-refractivity contribution in [1.82, 2.24) is 0 Å². The molecule has 4 heteroatoms. The second-order valence-corrected chi connectivity index (χ2v) is 6.71. The fourth-order valence-electron chi connectivity index (χ4n) is 2.65. The molecule has 0 spiro atoms. The molecule has 22 heavy (non-hydrogen) atoms. The first kappa shape index (κ1) is 19.4. The number of hydrogen-bond acceptors (Lipinski definition) is 2. The lowest BCUT2D eigenvalue weighted by molar-refractivity contribution is 0.273. The Bertz CT molecular complexity index is 381. The highest BCUT2D eigenvalue weighted by Crippen LogP contribution is 2.16. The predicted octanol–water partition coefficient (Wildman–Crippen LogP) is 5.53. The summed E-state index contributed by atoms with van der Waals surface area (Å²) in [6.07, 6.45) is 13.7. The van der Waals surface area contributed by atoms with Gasteiger partial charge in [0, 0.05) is 0 Å². The van der Waals surface area contributed by atoms with Crippen molar-refractivity contribution in [2.24, 2.45) is 0 Å². The Morgan fingerprint density at radius 2 is 1.27 bits per heavy atom. The van der Waals surface area contributed by atoms with Crippen molar-refractivity contribution in [3.63, 3.8) is 0 Å². The Morgan fingerprint density at radius 3 is 1.82 bits per heavy atom. The van der Waals surface area contributed by atoms with Crippen molar-refractivity contribution in [1.29, 1.82) is 0 Å². The molecule has 0 bridgehead atoms. The van der Waals surface area contributed by atoms with E-state index in [4.69, 9.17) is 4.89 Å². The van der Waals surface area contributed by atoms with Crippen molar-refractivity contribution in [2.45, 2.75) is 70.6 Å². The molecule has 0 amide bonds. The van der Waals surface area contributed by atoms with Crippen LogP contribution in [-0.2, 0) is 15.5 Å². The lowest BCUT2D eigenvalue weighted by Gasteiger charge is -2.03. The molecule has 1 rings (SSSR count). The number of benzene rings is 1. The molecule has 0 aliphatic carbocycles. The summed E-state index contributed by atoms with van der Waals surface area (Å²) < 4.78 is 15.0. The molecule has 1 unspecified atom stereocenters. The van der Waals surface area contributed by atoms with Gasteiger partial charge in [0.25, 0.3) is 0 Å². The Balaban J connectivity index is 1.76. The van der Waals surface area contributed by atoms with Crippen LogP contribution in [0.15, 0.2) is 30.3 Å². The summed E-state index contributed by atoms with van der Waals surface area (Å²) in [5.41, 5.74) is 1.46. The minimum Gasteiger partial charge on any atom is -0.326 e. The van der Waals surface area contributed by atoms with Gasteiger partial charge in [0.15, 0.2) is 0 Å². The van der Waals surface area contributed by atoms with E-state index >= 15 is 0 Å². The molecule has 0 fully saturated rings. The molecule has 1 N–H and O–H groups in total. The normalized spacial score (nSPS) is 12.4. The lowest BCUT2D eigenvalue weighted by atomic mass is 10.0. The average Bonchev–Trinajstić information content (AvgIpc) is 2.52. The fourth-order valence-corrected chi connectivity index (χ4v) is 2.97. The third-order valence-electron chi connectivity index (χ3n) is 3.93. The molecule has 126 valence electrons. The van der Waals surface area contributed by atoms with Gasteiger partial charge < -0.3 is 9.42 Å². The van der Waals surface area contributed by atoms with Gasteiger partial charge in [-0.1, -0.05) is 81.7 Å². The largest absolute Gasteiger partial charge is 0.326 e. The number of aryl methyl sites for hydroxylation is 1. The first-order valence-electron chi connectivity index (χ1n) is 8.68. The summed E-state index contributed by atoms with van der Waals surface area (Å²) in [6.45, 7) is 0.426. The predicted molar refractivity (Wildman–Crippen MR) is 93.5 cm³/mol. The van der Waals surface area contributed by atoms with E-state index in [0.29, 0.717) is 6.61 Å². The van der Waals surface area contributed by atoms with Crippen LogP contribution in [0.1, 0.15) is 69.8 Å². The minimum atomic E-state index is -2.71. The number of rotatable bonds is 14. The highest BCUT2D eigenvalue weighted by molar-refractivity contribution is 7.32. The van der Waals surface area contributed by atoms with E-state index in [9.17, 15) is 4.57 Å². The van der Waals surface area contributed by atoms with Crippen molar-refractivity contribution in [3.05, 3.63) is 35.9 Å². The lowest BCUT2D eigenvalue weighted by Crippen LogP contribution is -1.88. The third-order valence-corrected chi connectivity index (χ3v) is 4.38. The zero-order valence-electron chi connectivity index (χ0n) is 13.6. The van der Waals surface area contributed by atoms with Crippen LogP contribution in [0, 0.1) is 0 Å². The average molecular weight is 326 g/mol. The van der Waals surface area contributed by atoms with Gasteiger partial charge in [0.1, 0.15) is 0 Å². The van der Waals surface area contributed by atoms with Crippen molar-refractivity contribution in [2.75, 3.05) is 6.61 Å². The Morgan fingerprint density at radius 1 is 0.773 bits per heavy atom. The van der Waals surface area contributed by atoms with Gasteiger partial charge in [-0.05, 0) is 24.8 Å². The third kappa shape index (κ3) is 12.0. The van der Waals surface area contributed by atoms with Gasteiger partial charge in [-0.25, -0.2) is 0 Å². The maximum Gasteiger partial charge on any atom is 0.316 e. The maximum absolute atomic E-state index is 10.3. The first-order valence-corrected chi connectivity index (χ1v) is 9.95. The van der Waals surface area contributed by atoms with Crippen LogP contribution in [0.5, 0.6) is 0 Å². The number of unbranched alkanes of at least 4 members (excludes halogenated alkanes) is 9. The standard InChI is InChI=1S/C18H31O3P/c19-22(20)21-17-13-8-6-4-2-1-3-5-7-10-14-18-15-11-9-12-16-18/h9,11-12,15-16,22H,1-8,10,13-14,17H2,(H,19,20). The van der Waals surface area contributed by atoms with Crippen LogP contribution in [0.2, 0.25) is 0 Å². The van der Waals surface area contributed by atoms with Crippen LogP contribution >= 0.6 is 8.25 Å². The molecule has 3 nitrogen and oxygen atoms in total. The molecule has 1 aromatic rings. The molecule has 0 saturated carbocycles. The van der Waals surface area contributed by atoms with Gasteiger partial charge >= 0.3 is 8.25 Å². The van der Waals surface area contributed by atoms with Gasteiger partial charge in [-0.3, -0.25) is 4.57 Å². The Hall–Kier alpha value is -0.630. The fraction of sp³-hybridized carbons (Fsp3) is 0.667. The second-order valence-electron chi connectivity index (χ2n) is 5.89. The molecule has 1 atom stereocenters. The molecule has 0 heterocycles. The Labute approximate surface area is 136 Å². The van der Waals surface area contributed by atoms with Crippen LogP contribution in [-0.4, -0.2) is 11.5 Å². The van der Waals surface area contributed by atoms with Crippen LogP contribution in [0.4, 0.5) is 0 Å². The zero-order valence-corrected chi connectivity index (χ0v) is 14.6. The van der Waals surface area contributed by atoms with E-state index in [1.165, 1.54) is 63.4 Å². The van der Waals surface area contributed by atoms with Gasteiger partial charge in [-0.15, -0.1) is 0 Å². The maximum atomic E-state index is 10.3. The van der Waals surface area contributed by atoms with Gasteiger partial charge in [0.2, 0.25) is 0 Å². The molecule has 1 aromatic carbocycles. The SMILES string of the molecule is O=[PH](O)OCCCCCCCCCCCCc1ccccc1. The van der Waals surface area contributed by atoms with Crippen molar-refractivity contribution < 1.29 is 14.0 Å². The topological polar surface area (TPSA) is 46.5 Å². The van der Waals surface area contributed by atoms with E-state index in [1.807, 2.05) is 0 Å². The highest BCUT2D eigenvalue weighted by Gasteiger charge is 1.96. The molecule has 0 aliphatic rings. The summed E-state index contributed by atoms with van der Waals surface area (Å²) in [6, 6.07) is 10.7. The quantitative estimate of drug-likeness (QED) is 0.361. The van der Waals surface area contributed by atoms with E-state index in [-0.39, 0.29) is 0 Å². The van der Waals surface area contributed by atoms with E-state index in [1.54, 1.807) is 0 Å². The first-order chi connectivity index (χ1) is 10.8. The summed E-state index contributed by atoms with van der Waals surface area (Å²) in [5, 5.41) is 0. The van der Waals surface area contributed by atoms with Crippen LogP contribution in [0.3, 0.4) is 0 Å². The van der Waals surface area contributed by atoms with Crippen LogP contribution in [0.25, 0.3) is 0 Å². The Kier molecular flexibility index (Phi) is 12.4. The highest BCUT2D eigenvalue weighted by atomic mass is 31.1. The zero-order chi connectivity index (χ0) is 15.9. The summed E-state index contributed by atoms with van der Waals surface area (Å²) in [5.74, 6) is 0. The van der Waals surface area contributed by atoms with E-state index in [0.717, 1.165) is 12.8 Å². The molecule has 0 aromatic heterocycles. The van der Waals surface area contributed by atoms with Crippen molar-refractivity contribution in [3.8, 4) is 0 Å². The van der Waals surface area contributed by atoms with Crippen LogP contribution < -0.4 is 0 Å². The smallest absolute Gasteiger partial charge is 0.316 e. The second kappa shape index (κ2) is 14.0. The van der Waals surface area contributed by atoms with E-state index < -0.39 is 8.25 Å². The minimum absolute atomic E-state index is 0.426. The van der Waals surface area contributed by atoms with E-state index in [2.05, 4.69) is 34.9 Å².